The van der Waals surface area contributed by atoms with Crippen molar-refractivity contribution in [3.05, 3.63) is 255 Å². The van der Waals surface area contributed by atoms with Crippen molar-refractivity contribution in [2.75, 3.05) is 4.90 Å². The van der Waals surface area contributed by atoms with Crippen molar-refractivity contribution in [3.8, 4) is 39.1 Å². The average Bonchev–Trinajstić information content (AvgIpc) is 3.73. The summed E-state index contributed by atoms with van der Waals surface area (Å²) in [4.78, 5) is 2.39. The molecule has 0 fully saturated rings. The minimum atomic E-state index is 1.09. The van der Waals surface area contributed by atoms with E-state index in [4.69, 9.17) is 0 Å². The topological polar surface area (TPSA) is 8.17 Å². The molecule has 1 heterocycles. The Hall–Kier alpha value is -8.72. The Morgan fingerprint density at radius 2 is 0.758 bits per heavy atom. The zero-order valence-corrected chi connectivity index (χ0v) is 36.1. The van der Waals surface area contributed by atoms with Gasteiger partial charge in [-0.15, -0.1) is 0 Å². The standard InChI is InChI=1S/C64H42N2/c1-3-12-45(13-4-1)57-21-11-16-48-22-24-49(41-62(48)57)43-26-32-53(33-27-43)65(55-36-39-58-51(40-55)25-23-46-14-7-9-19-56(46)58)54-34-28-44(29-35-54)50-31-37-60-61-38-30-47-15-8-10-20-59(47)64(61)66(63(60)42-50)52-17-5-2-6-18-52/h1-42H. The molecule has 0 aliphatic heterocycles. The van der Waals surface area contributed by atoms with Gasteiger partial charge in [-0.2, -0.15) is 0 Å². The molecule has 2 nitrogen and oxygen atoms in total. The highest BCUT2D eigenvalue weighted by molar-refractivity contribution is 6.19. The maximum absolute atomic E-state index is 2.44. The first-order valence-electron chi connectivity index (χ1n) is 22.7. The lowest BCUT2D eigenvalue weighted by Crippen LogP contribution is -2.09. The summed E-state index contributed by atoms with van der Waals surface area (Å²) in [6.45, 7) is 0. The van der Waals surface area contributed by atoms with Gasteiger partial charge in [-0.3, -0.25) is 0 Å². The third-order valence-corrected chi connectivity index (χ3v) is 13.5. The first-order valence-corrected chi connectivity index (χ1v) is 22.7. The SMILES string of the molecule is c1ccc(-c2cccc3ccc(-c4ccc(N(c5ccc(-c6ccc7c8ccc9ccccc9c8n(-c8ccccc8)c7c6)cc5)c5ccc6c(ccc7ccccc76)c5)cc4)cc23)cc1. The van der Waals surface area contributed by atoms with Crippen LogP contribution in [-0.2, 0) is 0 Å². The molecule has 0 aliphatic rings. The largest absolute Gasteiger partial charge is 0.310 e. The molecule has 0 saturated heterocycles. The molecule has 2 heteroatoms. The Balaban J connectivity index is 0.917. The normalized spacial score (nSPS) is 11.6. The molecule has 0 unspecified atom stereocenters. The molecule has 0 N–H and O–H groups in total. The number of anilines is 3. The maximum atomic E-state index is 2.44. The average molecular weight is 839 g/mol. The second-order valence-corrected chi connectivity index (χ2v) is 17.3. The van der Waals surface area contributed by atoms with E-state index in [1.807, 2.05) is 0 Å². The number of hydrogen-bond acceptors (Lipinski definition) is 1. The van der Waals surface area contributed by atoms with Gasteiger partial charge in [0.2, 0.25) is 0 Å². The predicted octanol–water partition coefficient (Wildman–Crippen LogP) is 17.9. The van der Waals surface area contributed by atoms with Crippen LogP contribution in [0.3, 0.4) is 0 Å². The van der Waals surface area contributed by atoms with Crippen molar-refractivity contribution >= 4 is 82.0 Å². The van der Waals surface area contributed by atoms with Crippen LogP contribution in [0.25, 0.3) is 104 Å². The fourth-order valence-corrected chi connectivity index (χ4v) is 10.3. The molecule has 0 atom stereocenters. The second-order valence-electron chi connectivity index (χ2n) is 17.3. The van der Waals surface area contributed by atoms with Crippen LogP contribution in [0.2, 0.25) is 0 Å². The van der Waals surface area contributed by atoms with Crippen LogP contribution in [0.15, 0.2) is 255 Å². The van der Waals surface area contributed by atoms with Crippen LogP contribution < -0.4 is 4.90 Å². The van der Waals surface area contributed by atoms with Gasteiger partial charge in [0, 0.05) is 38.9 Å². The minimum Gasteiger partial charge on any atom is -0.310 e. The molecule has 0 bridgehead atoms. The van der Waals surface area contributed by atoms with Crippen molar-refractivity contribution in [1.29, 1.82) is 0 Å². The summed E-state index contributed by atoms with van der Waals surface area (Å²) in [5.74, 6) is 0. The monoisotopic (exact) mass is 838 g/mol. The van der Waals surface area contributed by atoms with Crippen molar-refractivity contribution in [1.82, 2.24) is 4.57 Å². The van der Waals surface area contributed by atoms with Crippen molar-refractivity contribution in [2.24, 2.45) is 0 Å². The fraction of sp³-hybridized carbons (Fsp3) is 0. The molecule has 1 aromatic heterocycles. The van der Waals surface area contributed by atoms with Crippen molar-refractivity contribution < 1.29 is 0 Å². The van der Waals surface area contributed by atoms with E-state index in [2.05, 4.69) is 264 Å². The number of hydrogen-bond donors (Lipinski definition) is 0. The van der Waals surface area contributed by atoms with Gasteiger partial charge >= 0.3 is 0 Å². The van der Waals surface area contributed by atoms with Gasteiger partial charge in [0.15, 0.2) is 0 Å². The number of rotatable bonds is 7. The molecule has 0 saturated carbocycles. The number of aromatic nitrogens is 1. The first-order chi connectivity index (χ1) is 32.7. The highest BCUT2D eigenvalue weighted by Crippen LogP contribution is 2.42. The summed E-state index contributed by atoms with van der Waals surface area (Å²) in [7, 11) is 0. The second kappa shape index (κ2) is 15.5. The number of benzene rings is 12. The highest BCUT2D eigenvalue weighted by Gasteiger charge is 2.18. The van der Waals surface area contributed by atoms with Gasteiger partial charge < -0.3 is 9.47 Å². The zero-order chi connectivity index (χ0) is 43.6. The molecule has 66 heavy (non-hydrogen) atoms. The van der Waals surface area contributed by atoms with E-state index in [9.17, 15) is 0 Å². The van der Waals surface area contributed by atoms with Crippen LogP contribution in [0.1, 0.15) is 0 Å². The molecule has 0 amide bonds. The molecular formula is C64H42N2. The summed E-state index contributed by atoms with van der Waals surface area (Å²) in [5, 5.41) is 12.5. The Morgan fingerprint density at radius 3 is 1.52 bits per heavy atom. The number of nitrogens with zero attached hydrogens (tertiary/aromatic N) is 2. The minimum absolute atomic E-state index is 1.09. The zero-order valence-electron chi connectivity index (χ0n) is 36.1. The third kappa shape index (κ3) is 6.34. The van der Waals surface area contributed by atoms with Crippen LogP contribution in [0.5, 0.6) is 0 Å². The predicted molar refractivity (Wildman–Crippen MR) is 282 cm³/mol. The molecule has 0 aliphatic carbocycles. The first kappa shape index (κ1) is 37.8. The Morgan fingerprint density at radius 1 is 0.258 bits per heavy atom. The van der Waals surface area contributed by atoms with Gasteiger partial charge in [0.1, 0.15) is 0 Å². The quantitative estimate of drug-likeness (QED) is 0.145. The molecule has 12 aromatic carbocycles. The van der Waals surface area contributed by atoms with E-state index in [1.54, 1.807) is 0 Å². The Kier molecular flexibility index (Phi) is 8.89. The lowest BCUT2D eigenvalue weighted by atomic mass is 9.95. The van der Waals surface area contributed by atoms with Crippen LogP contribution in [-0.4, -0.2) is 4.57 Å². The summed E-state index contributed by atoms with van der Waals surface area (Å²) < 4.78 is 2.44. The van der Waals surface area contributed by atoms with Gasteiger partial charge in [0.05, 0.1) is 11.0 Å². The van der Waals surface area contributed by atoms with E-state index < -0.39 is 0 Å². The van der Waals surface area contributed by atoms with E-state index in [-0.39, 0.29) is 0 Å². The molecule has 308 valence electrons. The Labute approximate surface area is 383 Å². The molecular weight excluding hydrogens is 797 g/mol. The van der Waals surface area contributed by atoms with Gasteiger partial charge in [-0.1, -0.05) is 194 Å². The highest BCUT2D eigenvalue weighted by atomic mass is 15.1. The summed E-state index contributed by atoms with van der Waals surface area (Å²) in [6.07, 6.45) is 0. The van der Waals surface area contributed by atoms with Crippen molar-refractivity contribution in [2.45, 2.75) is 0 Å². The molecule has 13 rings (SSSR count). The van der Waals surface area contributed by atoms with Gasteiger partial charge in [-0.05, 0) is 132 Å². The Bertz CT molecular complexity index is 3960. The number of para-hydroxylation sites is 1. The van der Waals surface area contributed by atoms with E-state index in [1.165, 1.54) is 98.3 Å². The summed E-state index contributed by atoms with van der Waals surface area (Å²) in [5.41, 5.74) is 14.1. The van der Waals surface area contributed by atoms with Crippen molar-refractivity contribution in [3.63, 3.8) is 0 Å². The maximum Gasteiger partial charge on any atom is 0.0619 e. The van der Waals surface area contributed by atoms with Gasteiger partial charge in [0.25, 0.3) is 0 Å². The van der Waals surface area contributed by atoms with Crippen LogP contribution in [0.4, 0.5) is 17.1 Å². The molecule has 13 aromatic rings. The molecule has 0 radical (unpaired) electrons. The van der Waals surface area contributed by atoms with E-state index in [0.717, 1.165) is 22.7 Å². The smallest absolute Gasteiger partial charge is 0.0619 e. The van der Waals surface area contributed by atoms with E-state index in [0.29, 0.717) is 0 Å². The number of fused-ring (bicyclic) bond motifs is 9. The molecule has 0 spiro atoms. The lowest BCUT2D eigenvalue weighted by molar-refractivity contribution is 1.19. The lowest BCUT2D eigenvalue weighted by Gasteiger charge is -2.26. The van der Waals surface area contributed by atoms with E-state index >= 15 is 0 Å². The van der Waals surface area contributed by atoms with Gasteiger partial charge in [-0.25, -0.2) is 0 Å². The summed E-state index contributed by atoms with van der Waals surface area (Å²) in [6, 6.07) is 93.3. The fourth-order valence-electron chi connectivity index (χ4n) is 10.3. The van der Waals surface area contributed by atoms with Crippen LogP contribution >= 0.6 is 0 Å². The van der Waals surface area contributed by atoms with Crippen LogP contribution in [0, 0.1) is 0 Å². The third-order valence-electron chi connectivity index (χ3n) is 13.5. The summed E-state index contributed by atoms with van der Waals surface area (Å²) >= 11 is 0.